The first-order valence-electron chi connectivity index (χ1n) is 14.5. The summed E-state index contributed by atoms with van der Waals surface area (Å²) in [5.74, 6) is 1.28. The van der Waals surface area contributed by atoms with Crippen molar-refractivity contribution in [3.63, 3.8) is 0 Å². The van der Waals surface area contributed by atoms with E-state index in [1.54, 1.807) is 79.9 Å². The van der Waals surface area contributed by atoms with Gasteiger partial charge < -0.3 is 14.2 Å². The average molecular weight is 543 g/mol. The molecule has 212 valence electrons. The minimum Gasteiger partial charge on any atom is -0.497 e. The van der Waals surface area contributed by atoms with Gasteiger partial charge in [0.05, 0.1) is 19.3 Å². The van der Waals surface area contributed by atoms with Crippen molar-refractivity contribution in [2.24, 2.45) is 0 Å². The number of methoxy groups -OCH3 is 1. The molecular weight excluding hydrogens is 500 g/mol. The summed E-state index contributed by atoms with van der Waals surface area (Å²) in [7, 11) is 1.58. The maximum Gasteiger partial charge on any atom is 0.343 e. The first-order valence-corrected chi connectivity index (χ1v) is 14.5. The van der Waals surface area contributed by atoms with Crippen molar-refractivity contribution in [2.75, 3.05) is 13.7 Å². The standard InChI is InChI=1S/C35H42O5/c1-3-4-5-6-7-8-9-10-11-12-26-39-32-23-19-30(20-24-32)35(37)40-33-15-13-14-28(27-33)16-25-34(36)29-17-21-31(38-2)22-18-29/h13-25,27H,3-12,26H2,1-2H3/b25-16+. The molecule has 0 bridgehead atoms. The summed E-state index contributed by atoms with van der Waals surface area (Å²) in [5.41, 5.74) is 1.76. The number of rotatable bonds is 18. The van der Waals surface area contributed by atoms with E-state index in [-0.39, 0.29) is 5.78 Å². The Morgan fingerprint density at radius 2 is 1.27 bits per heavy atom. The number of ether oxygens (including phenoxy) is 3. The van der Waals surface area contributed by atoms with E-state index in [4.69, 9.17) is 14.2 Å². The van der Waals surface area contributed by atoms with Crippen LogP contribution in [0.15, 0.2) is 78.9 Å². The van der Waals surface area contributed by atoms with Crippen LogP contribution in [0.4, 0.5) is 0 Å². The van der Waals surface area contributed by atoms with E-state index >= 15 is 0 Å². The molecule has 0 N–H and O–H groups in total. The van der Waals surface area contributed by atoms with Crippen LogP contribution in [0.25, 0.3) is 6.08 Å². The molecule has 0 atom stereocenters. The minimum atomic E-state index is -0.448. The number of carbonyl (C=O) groups is 2. The van der Waals surface area contributed by atoms with Crippen molar-refractivity contribution < 1.29 is 23.8 Å². The summed E-state index contributed by atoms with van der Waals surface area (Å²) in [6.07, 6.45) is 16.1. The Labute approximate surface area is 239 Å². The molecule has 0 amide bonds. The molecule has 0 aliphatic carbocycles. The van der Waals surface area contributed by atoms with Crippen molar-refractivity contribution in [1.29, 1.82) is 0 Å². The van der Waals surface area contributed by atoms with Gasteiger partial charge in [0.25, 0.3) is 0 Å². The number of esters is 1. The summed E-state index contributed by atoms with van der Waals surface area (Å²) in [4.78, 5) is 25.1. The molecule has 3 aromatic rings. The fraction of sp³-hybridized carbons (Fsp3) is 0.371. The Bertz CT molecular complexity index is 1200. The lowest BCUT2D eigenvalue weighted by atomic mass is 10.1. The molecule has 0 aliphatic rings. The first kappa shape index (κ1) is 30.7. The van der Waals surface area contributed by atoms with Crippen LogP contribution in [0, 0.1) is 0 Å². The zero-order chi connectivity index (χ0) is 28.4. The molecule has 5 heteroatoms. The summed E-state index contributed by atoms with van der Waals surface area (Å²) >= 11 is 0. The smallest absolute Gasteiger partial charge is 0.343 e. The number of hydrogen-bond acceptors (Lipinski definition) is 5. The monoisotopic (exact) mass is 542 g/mol. The topological polar surface area (TPSA) is 61.8 Å². The van der Waals surface area contributed by atoms with E-state index in [1.165, 1.54) is 63.9 Å². The van der Waals surface area contributed by atoms with E-state index in [0.717, 1.165) is 17.7 Å². The van der Waals surface area contributed by atoms with Crippen molar-refractivity contribution in [3.05, 3.63) is 95.6 Å². The van der Waals surface area contributed by atoms with Crippen molar-refractivity contribution in [2.45, 2.75) is 71.1 Å². The van der Waals surface area contributed by atoms with Gasteiger partial charge in [0, 0.05) is 5.56 Å². The lowest BCUT2D eigenvalue weighted by Gasteiger charge is -2.08. The predicted octanol–water partition coefficient (Wildman–Crippen LogP) is 9.11. The third-order valence-electron chi connectivity index (χ3n) is 6.73. The number of allylic oxidation sites excluding steroid dienone is 1. The third kappa shape index (κ3) is 11.1. The van der Waals surface area contributed by atoms with Gasteiger partial charge in [0.2, 0.25) is 0 Å². The molecule has 0 radical (unpaired) electrons. The lowest BCUT2D eigenvalue weighted by molar-refractivity contribution is 0.0734. The minimum absolute atomic E-state index is 0.125. The van der Waals surface area contributed by atoms with E-state index in [0.29, 0.717) is 29.2 Å². The van der Waals surface area contributed by atoms with Crippen LogP contribution in [-0.2, 0) is 0 Å². The highest BCUT2D eigenvalue weighted by Gasteiger charge is 2.09. The number of benzene rings is 3. The normalized spacial score (nSPS) is 10.9. The molecule has 0 saturated carbocycles. The zero-order valence-electron chi connectivity index (χ0n) is 23.9. The van der Waals surface area contributed by atoms with Gasteiger partial charge >= 0.3 is 5.97 Å². The molecule has 3 aromatic carbocycles. The molecule has 0 spiro atoms. The lowest BCUT2D eigenvalue weighted by Crippen LogP contribution is -2.08. The van der Waals surface area contributed by atoms with Crippen LogP contribution in [-0.4, -0.2) is 25.5 Å². The number of unbranched alkanes of at least 4 members (excludes halogenated alkanes) is 9. The Morgan fingerprint density at radius 1 is 0.675 bits per heavy atom. The Kier molecular flexibility index (Phi) is 13.6. The molecular formula is C35H42O5. The molecule has 5 nitrogen and oxygen atoms in total. The molecule has 0 saturated heterocycles. The molecule has 0 heterocycles. The highest BCUT2D eigenvalue weighted by molar-refractivity contribution is 6.06. The van der Waals surface area contributed by atoms with Crippen LogP contribution in [0.2, 0.25) is 0 Å². The van der Waals surface area contributed by atoms with Gasteiger partial charge in [-0.3, -0.25) is 4.79 Å². The molecule has 0 aromatic heterocycles. The summed E-state index contributed by atoms with van der Waals surface area (Å²) in [6, 6.07) is 21.0. The van der Waals surface area contributed by atoms with E-state index in [9.17, 15) is 9.59 Å². The van der Waals surface area contributed by atoms with Crippen LogP contribution in [0.5, 0.6) is 17.2 Å². The fourth-order valence-electron chi connectivity index (χ4n) is 4.34. The highest BCUT2D eigenvalue weighted by atomic mass is 16.5. The Hall–Kier alpha value is -3.86. The number of ketones is 1. The van der Waals surface area contributed by atoms with E-state index in [2.05, 4.69) is 6.92 Å². The number of carbonyl (C=O) groups excluding carboxylic acids is 2. The van der Waals surface area contributed by atoms with Crippen LogP contribution < -0.4 is 14.2 Å². The van der Waals surface area contributed by atoms with E-state index < -0.39 is 5.97 Å². The van der Waals surface area contributed by atoms with Gasteiger partial charge in [-0.25, -0.2) is 4.79 Å². The summed E-state index contributed by atoms with van der Waals surface area (Å²) in [6.45, 7) is 2.94. The van der Waals surface area contributed by atoms with Gasteiger partial charge in [-0.15, -0.1) is 0 Å². The fourth-order valence-corrected chi connectivity index (χ4v) is 4.34. The second-order valence-electron chi connectivity index (χ2n) is 9.94. The number of hydrogen-bond donors (Lipinski definition) is 0. The predicted molar refractivity (Wildman–Crippen MR) is 162 cm³/mol. The largest absolute Gasteiger partial charge is 0.497 e. The van der Waals surface area contributed by atoms with Gasteiger partial charge in [-0.1, -0.05) is 82.9 Å². The van der Waals surface area contributed by atoms with Gasteiger partial charge in [0.15, 0.2) is 5.78 Å². The molecule has 40 heavy (non-hydrogen) atoms. The SMILES string of the molecule is CCCCCCCCCCCCOc1ccc(C(=O)Oc2cccc(/C=C/C(=O)c3ccc(OC)cc3)c2)cc1. The second kappa shape index (κ2) is 17.7. The Morgan fingerprint density at radius 3 is 1.93 bits per heavy atom. The third-order valence-corrected chi connectivity index (χ3v) is 6.73. The van der Waals surface area contributed by atoms with Gasteiger partial charge in [-0.2, -0.15) is 0 Å². The maximum atomic E-state index is 12.7. The zero-order valence-corrected chi connectivity index (χ0v) is 23.9. The quantitative estimate of drug-likeness (QED) is 0.0527. The summed E-state index contributed by atoms with van der Waals surface area (Å²) < 4.78 is 16.5. The average Bonchev–Trinajstić information content (AvgIpc) is 2.99. The first-order chi connectivity index (χ1) is 19.6. The molecule has 0 aliphatic heterocycles. The second-order valence-corrected chi connectivity index (χ2v) is 9.94. The highest BCUT2D eigenvalue weighted by Crippen LogP contribution is 2.19. The van der Waals surface area contributed by atoms with Crippen LogP contribution in [0.3, 0.4) is 0 Å². The van der Waals surface area contributed by atoms with Gasteiger partial charge in [-0.05, 0) is 78.7 Å². The van der Waals surface area contributed by atoms with Crippen molar-refractivity contribution in [1.82, 2.24) is 0 Å². The van der Waals surface area contributed by atoms with Crippen molar-refractivity contribution in [3.8, 4) is 17.2 Å². The van der Waals surface area contributed by atoms with E-state index in [1.807, 2.05) is 6.07 Å². The van der Waals surface area contributed by atoms with Crippen molar-refractivity contribution >= 4 is 17.8 Å². The van der Waals surface area contributed by atoms with Crippen LogP contribution >= 0.6 is 0 Å². The molecule has 0 unspecified atom stereocenters. The molecule has 0 fully saturated rings. The maximum absolute atomic E-state index is 12.7. The van der Waals surface area contributed by atoms with Crippen LogP contribution in [0.1, 0.15) is 97.4 Å². The Balaban J connectivity index is 1.38. The summed E-state index contributed by atoms with van der Waals surface area (Å²) in [5, 5.41) is 0. The molecule has 3 rings (SSSR count). The van der Waals surface area contributed by atoms with Gasteiger partial charge in [0.1, 0.15) is 17.2 Å².